The highest BCUT2D eigenvalue weighted by molar-refractivity contribution is 5.93. The van der Waals surface area contributed by atoms with Crippen molar-refractivity contribution in [2.75, 3.05) is 19.7 Å². The molecular weight excluding hydrogens is 390 g/mol. The van der Waals surface area contributed by atoms with Gasteiger partial charge in [-0.2, -0.15) is 0 Å². The molecule has 5 atom stereocenters. The van der Waals surface area contributed by atoms with Gasteiger partial charge < -0.3 is 20.5 Å². The van der Waals surface area contributed by atoms with Crippen molar-refractivity contribution in [3.63, 3.8) is 0 Å². The van der Waals surface area contributed by atoms with Gasteiger partial charge in [0.05, 0.1) is 6.04 Å². The maximum atomic E-state index is 13.3. The predicted octanol–water partition coefficient (Wildman–Crippen LogP) is 0.594. The van der Waals surface area contributed by atoms with E-state index in [0.29, 0.717) is 19.5 Å². The average molecular weight is 424 g/mol. The number of aliphatic hydroxyl groups is 1. The lowest BCUT2D eigenvalue weighted by Gasteiger charge is -2.31. The minimum atomic E-state index is -0.961. The third kappa shape index (κ3) is 4.94. The second-order valence-corrected chi connectivity index (χ2v) is 9.63. The molecule has 1 aliphatic carbocycles. The van der Waals surface area contributed by atoms with Gasteiger partial charge in [0.15, 0.2) is 5.78 Å². The van der Waals surface area contributed by atoms with Gasteiger partial charge in [-0.05, 0) is 58.3 Å². The molecule has 3 amide bonds. The van der Waals surface area contributed by atoms with Gasteiger partial charge in [0, 0.05) is 19.0 Å². The second kappa shape index (κ2) is 8.91. The van der Waals surface area contributed by atoms with E-state index < -0.39 is 42.1 Å². The van der Waals surface area contributed by atoms with E-state index in [1.807, 2.05) is 0 Å². The number of hydrogen-bond acceptors (Lipinski definition) is 6. The van der Waals surface area contributed by atoms with Crippen LogP contribution in [0.25, 0.3) is 0 Å². The smallest absolute Gasteiger partial charge is 0.410 e. The van der Waals surface area contributed by atoms with E-state index >= 15 is 0 Å². The lowest BCUT2D eigenvalue weighted by Crippen LogP contribution is -2.54. The molecule has 2 aliphatic heterocycles. The van der Waals surface area contributed by atoms with Gasteiger partial charge in [-0.15, -0.1) is 0 Å². The van der Waals surface area contributed by atoms with Crippen LogP contribution in [0, 0.1) is 17.8 Å². The SMILES string of the molecule is CC(C)(C)OC(=O)N1C[C@@H]2CCC[C@@H]2[C@H]1C(=O)N[C@@H](C[C@@H]1CCNC1=O)C(=O)CO. The van der Waals surface area contributed by atoms with Crippen molar-refractivity contribution >= 4 is 23.7 Å². The number of Topliss-reactive ketones (excluding diaryl/α,β-unsaturated/α-hetero) is 1. The third-order valence-electron chi connectivity index (χ3n) is 6.33. The summed E-state index contributed by atoms with van der Waals surface area (Å²) in [6, 6.07) is -1.67. The number of carbonyl (C=O) groups excluding carboxylic acids is 4. The van der Waals surface area contributed by atoms with Crippen molar-refractivity contribution in [1.82, 2.24) is 15.5 Å². The largest absolute Gasteiger partial charge is 0.444 e. The molecule has 0 aromatic heterocycles. The molecule has 0 spiro atoms. The normalized spacial score (nSPS) is 29.3. The summed E-state index contributed by atoms with van der Waals surface area (Å²) >= 11 is 0. The number of amides is 3. The summed E-state index contributed by atoms with van der Waals surface area (Å²) < 4.78 is 5.51. The summed E-state index contributed by atoms with van der Waals surface area (Å²) in [5, 5.41) is 14.8. The van der Waals surface area contributed by atoms with Gasteiger partial charge in [-0.1, -0.05) is 6.42 Å². The Kier molecular flexibility index (Phi) is 6.69. The molecule has 9 heteroatoms. The Hall–Kier alpha value is -2.16. The maximum absolute atomic E-state index is 13.3. The number of rotatable bonds is 6. The zero-order valence-electron chi connectivity index (χ0n) is 18.0. The third-order valence-corrected chi connectivity index (χ3v) is 6.33. The second-order valence-electron chi connectivity index (χ2n) is 9.63. The number of hydrogen-bond donors (Lipinski definition) is 3. The Balaban J connectivity index is 1.75. The van der Waals surface area contributed by atoms with Crippen LogP contribution in [-0.4, -0.2) is 71.1 Å². The lowest BCUT2D eigenvalue weighted by atomic mass is 9.92. The highest BCUT2D eigenvalue weighted by Crippen LogP contribution is 2.42. The molecule has 3 fully saturated rings. The predicted molar refractivity (Wildman–Crippen MR) is 107 cm³/mol. The van der Waals surface area contributed by atoms with Crippen molar-refractivity contribution < 1.29 is 29.0 Å². The first-order valence-corrected chi connectivity index (χ1v) is 10.8. The van der Waals surface area contributed by atoms with Crippen LogP contribution in [-0.2, 0) is 19.1 Å². The van der Waals surface area contributed by atoms with Crippen LogP contribution < -0.4 is 10.6 Å². The molecule has 30 heavy (non-hydrogen) atoms. The first-order chi connectivity index (χ1) is 14.1. The molecule has 1 saturated carbocycles. The van der Waals surface area contributed by atoms with Crippen LogP contribution in [0.1, 0.15) is 52.9 Å². The highest BCUT2D eigenvalue weighted by atomic mass is 16.6. The Morgan fingerprint density at radius 2 is 2.00 bits per heavy atom. The van der Waals surface area contributed by atoms with Crippen molar-refractivity contribution in [3.8, 4) is 0 Å². The standard InChI is InChI=1S/C21H33N3O6/c1-21(2,3)30-20(29)24-10-13-5-4-6-14(13)17(24)19(28)23-15(16(26)11-25)9-12-7-8-22-18(12)27/h12-15,17,25H,4-11H2,1-3H3,(H,22,27)(H,23,28)/t12-,13-,14-,15-,17-/m0/s1. The summed E-state index contributed by atoms with van der Waals surface area (Å²) in [4.78, 5) is 51.7. The quantitative estimate of drug-likeness (QED) is 0.574. The first kappa shape index (κ1) is 22.5. The van der Waals surface area contributed by atoms with Crippen molar-refractivity contribution in [3.05, 3.63) is 0 Å². The van der Waals surface area contributed by atoms with Gasteiger partial charge in [0.25, 0.3) is 0 Å². The lowest BCUT2D eigenvalue weighted by molar-refractivity contribution is -0.133. The van der Waals surface area contributed by atoms with Gasteiger partial charge in [-0.25, -0.2) is 4.79 Å². The molecule has 0 aromatic carbocycles. The molecule has 2 heterocycles. The average Bonchev–Trinajstić information content (AvgIpc) is 3.34. The van der Waals surface area contributed by atoms with E-state index in [2.05, 4.69) is 10.6 Å². The first-order valence-electron chi connectivity index (χ1n) is 10.8. The van der Waals surface area contributed by atoms with Crippen LogP contribution in [0.15, 0.2) is 0 Å². The molecule has 2 saturated heterocycles. The molecule has 3 N–H and O–H groups in total. The van der Waals surface area contributed by atoms with Crippen LogP contribution in [0.4, 0.5) is 4.79 Å². The fourth-order valence-electron chi connectivity index (χ4n) is 4.94. The molecule has 0 unspecified atom stereocenters. The van der Waals surface area contributed by atoms with Crippen LogP contribution in [0.5, 0.6) is 0 Å². The van der Waals surface area contributed by atoms with Gasteiger partial charge >= 0.3 is 6.09 Å². The molecule has 0 aromatic rings. The van der Waals surface area contributed by atoms with Gasteiger partial charge in [0.1, 0.15) is 18.2 Å². The van der Waals surface area contributed by atoms with E-state index in [-0.39, 0.29) is 30.1 Å². The number of carbonyl (C=O) groups is 4. The van der Waals surface area contributed by atoms with E-state index in [1.54, 1.807) is 20.8 Å². The Bertz CT molecular complexity index is 703. The zero-order valence-corrected chi connectivity index (χ0v) is 18.0. The summed E-state index contributed by atoms with van der Waals surface area (Å²) in [6.45, 7) is 5.61. The molecule has 3 aliphatic rings. The van der Waals surface area contributed by atoms with Crippen molar-refractivity contribution in [2.24, 2.45) is 17.8 Å². The highest BCUT2D eigenvalue weighted by Gasteiger charge is 2.51. The van der Waals surface area contributed by atoms with Crippen LogP contribution >= 0.6 is 0 Å². The molecule has 0 bridgehead atoms. The Morgan fingerprint density at radius 3 is 2.60 bits per heavy atom. The minimum Gasteiger partial charge on any atom is -0.444 e. The summed E-state index contributed by atoms with van der Waals surface area (Å²) in [5.74, 6) is -1.21. The van der Waals surface area contributed by atoms with Crippen LogP contribution in [0.2, 0.25) is 0 Å². The van der Waals surface area contributed by atoms with Crippen molar-refractivity contribution in [2.45, 2.75) is 70.6 Å². The number of nitrogens with zero attached hydrogens (tertiary/aromatic N) is 1. The molecular formula is C21H33N3O6. The van der Waals surface area contributed by atoms with E-state index in [1.165, 1.54) is 4.90 Å². The fourth-order valence-corrected chi connectivity index (χ4v) is 4.94. The number of fused-ring (bicyclic) bond motifs is 1. The number of aliphatic hydroxyl groups excluding tert-OH is 1. The fraction of sp³-hybridized carbons (Fsp3) is 0.810. The molecule has 3 rings (SSSR count). The van der Waals surface area contributed by atoms with E-state index in [9.17, 15) is 24.3 Å². The minimum absolute atomic E-state index is 0.0252. The van der Waals surface area contributed by atoms with E-state index in [4.69, 9.17) is 4.74 Å². The topological polar surface area (TPSA) is 125 Å². The Labute approximate surface area is 176 Å². The number of ether oxygens (including phenoxy) is 1. The number of ketones is 1. The number of likely N-dealkylation sites (tertiary alicyclic amines) is 1. The summed E-state index contributed by atoms with van der Waals surface area (Å²) in [6.07, 6.45) is 2.99. The molecule has 0 radical (unpaired) electrons. The van der Waals surface area contributed by atoms with Gasteiger partial charge in [0.2, 0.25) is 11.8 Å². The molecule has 168 valence electrons. The monoisotopic (exact) mass is 423 g/mol. The summed E-state index contributed by atoms with van der Waals surface area (Å²) in [5.41, 5.74) is -0.680. The van der Waals surface area contributed by atoms with Crippen LogP contribution in [0.3, 0.4) is 0 Å². The molecule has 9 nitrogen and oxygen atoms in total. The van der Waals surface area contributed by atoms with Gasteiger partial charge in [-0.3, -0.25) is 19.3 Å². The van der Waals surface area contributed by atoms with Crippen molar-refractivity contribution in [1.29, 1.82) is 0 Å². The maximum Gasteiger partial charge on any atom is 0.410 e. The number of nitrogens with one attached hydrogen (secondary N) is 2. The summed E-state index contributed by atoms with van der Waals surface area (Å²) in [7, 11) is 0. The zero-order chi connectivity index (χ0) is 22.1. The Morgan fingerprint density at radius 1 is 1.27 bits per heavy atom. The van der Waals surface area contributed by atoms with E-state index in [0.717, 1.165) is 19.3 Å².